The summed E-state index contributed by atoms with van der Waals surface area (Å²) in [6, 6.07) is 0. The van der Waals surface area contributed by atoms with Crippen LogP contribution in [0.5, 0.6) is 0 Å². The van der Waals surface area contributed by atoms with Crippen LogP contribution in [0.3, 0.4) is 0 Å². The van der Waals surface area contributed by atoms with Crippen LogP contribution in [0.4, 0.5) is 0 Å². The molecule has 0 aromatic carbocycles. The lowest BCUT2D eigenvalue weighted by Crippen LogP contribution is -2.14. The van der Waals surface area contributed by atoms with Crippen LogP contribution in [0.25, 0.3) is 0 Å². The van der Waals surface area contributed by atoms with Crippen LogP contribution in [0.15, 0.2) is 60.8 Å². The summed E-state index contributed by atoms with van der Waals surface area (Å²) in [7, 11) is 1.33. The maximum Gasteiger partial charge on any atom is 0.333 e. The Morgan fingerprint density at radius 2 is 1.05 bits per heavy atom. The van der Waals surface area contributed by atoms with Crippen molar-refractivity contribution in [3.8, 4) is 0 Å². The zero-order chi connectivity index (χ0) is 35.8. The highest BCUT2D eigenvalue weighted by Crippen LogP contribution is 2.13. The van der Waals surface area contributed by atoms with Crippen molar-refractivity contribution >= 4 is 29.8 Å². The van der Waals surface area contributed by atoms with E-state index in [1.165, 1.54) is 26.9 Å². The van der Waals surface area contributed by atoms with Crippen molar-refractivity contribution in [1.82, 2.24) is 0 Å². The molecule has 0 radical (unpaired) electrons. The van der Waals surface area contributed by atoms with Gasteiger partial charge in [-0.1, -0.05) is 66.0 Å². The molecule has 0 aromatic rings. The molecule has 0 fully saturated rings. The van der Waals surface area contributed by atoms with Gasteiger partial charge in [0.1, 0.15) is 6.61 Å². The minimum absolute atomic E-state index is 0.0473. The minimum atomic E-state index is -0.935. The SMILES string of the molecule is C=C(C)C(=O)O.C=C(C)C(=O)OC.C=C(C)C(=O)OCC.C=C(C)C(=O)OCC(CC)CCCC.C=C(C)C(=O)OCCO. The molecule has 44 heavy (non-hydrogen) atoms. The molecule has 2 N–H and O–H groups in total. The Kier molecular flexibility index (Phi) is 37.8. The molecule has 0 heterocycles. The van der Waals surface area contributed by atoms with Gasteiger partial charge >= 0.3 is 29.8 Å². The topological polar surface area (TPSA) is 163 Å². The zero-order valence-corrected chi connectivity index (χ0v) is 28.3. The van der Waals surface area contributed by atoms with Crippen molar-refractivity contribution in [3.63, 3.8) is 0 Å². The molecule has 11 heteroatoms. The number of unbranched alkanes of at least 4 members (excludes halogenated alkanes) is 1. The van der Waals surface area contributed by atoms with E-state index in [1.54, 1.807) is 34.6 Å². The summed E-state index contributed by atoms with van der Waals surface area (Å²) in [6.07, 6.45) is 4.63. The van der Waals surface area contributed by atoms with Gasteiger partial charge in [-0.25, -0.2) is 24.0 Å². The van der Waals surface area contributed by atoms with Crippen molar-refractivity contribution in [2.75, 3.05) is 33.5 Å². The molecule has 1 atom stereocenters. The zero-order valence-electron chi connectivity index (χ0n) is 28.3. The number of aliphatic hydroxyl groups is 1. The first-order valence-electron chi connectivity index (χ1n) is 14.0. The number of carboxylic acids is 1. The highest BCUT2D eigenvalue weighted by Gasteiger charge is 2.10. The molecule has 11 nitrogen and oxygen atoms in total. The molecule has 0 spiro atoms. The monoisotopic (exact) mass is 628 g/mol. The first-order chi connectivity index (χ1) is 20.3. The van der Waals surface area contributed by atoms with E-state index >= 15 is 0 Å². The number of hydrogen-bond acceptors (Lipinski definition) is 10. The number of aliphatic hydroxyl groups excluding tert-OH is 1. The van der Waals surface area contributed by atoms with E-state index < -0.39 is 11.9 Å². The number of hydrogen-bond donors (Lipinski definition) is 2. The van der Waals surface area contributed by atoms with E-state index in [-0.39, 0.29) is 36.7 Å². The van der Waals surface area contributed by atoms with Crippen molar-refractivity contribution in [2.24, 2.45) is 5.92 Å². The first-order valence-corrected chi connectivity index (χ1v) is 14.0. The minimum Gasteiger partial charge on any atom is -0.478 e. The first kappa shape index (κ1) is 49.7. The number of esters is 4. The molecular weight excluding hydrogens is 572 g/mol. The Bertz CT molecular complexity index is 918. The van der Waals surface area contributed by atoms with Gasteiger partial charge in [0, 0.05) is 27.9 Å². The fourth-order valence-electron chi connectivity index (χ4n) is 1.90. The third-order valence-electron chi connectivity index (χ3n) is 4.54. The molecule has 0 saturated heterocycles. The smallest absolute Gasteiger partial charge is 0.333 e. The average molecular weight is 629 g/mol. The average Bonchev–Trinajstić information content (AvgIpc) is 2.96. The van der Waals surface area contributed by atoms with Gasteiger partial charge in [-0.2, -0.15) is 0 Å². The van der Waals surface area contributed by atoms with Crippen molar-refractivity contribution in [3.05, 3.63) is 60.8 Å². The Labute approximate surface area is 264 Å². The summed E-state index contributed by atoms with van der Waals surface area (Å²) in [5.41, 5.74) is 1.89. The molecule has 0 aliphatic carbocycles. The van der Waals surface area contributed by atoms with E-state index in [4.69, 9.17) is 14.9 Å². The predicted molar refractivity (Wildman–Crippen MR) is 173 cm³/mol. The third kappa shape index (κ3) is 40.2. The lowest BCUT2D eigenvalue weighted by Gasteiger charge is -2.14. The Morgan fingerprint density at radius 3 is 1.27 bits per heavy atom. The largest absolute Gasteiger partial charge is 0.478 e. The molecule has 0 aliphatic heterocycles. The fourth-order valence-corrected chi connectivity index (χ4v) is 1.90. The number of rotatable bonds is 14. The summed E-state index contributed by atoms with van der Waals surface area (Å²) in [4.78, 5) is 51.8. The van der Waals surface area contributed by atoms with Gasteiger partial charge in [0.2, 0.25) is 0 Å². The van der Waals surface area contributed by atoms with Crippen LogP contribution < -0.4 is 0 Å². The van der Waals surface area contributed by atoms with Crippen molar-refractivity contribution < 1.29 is 53.1 Å². The molecule has 0 rings (SSSR count). The highest BCUT2D eigenvalue weighted by molar-refractivity contribution is 5.88. The normalized spacial score (nSPS) is 9.41. The van der Waals surface area contributed by atoms with Crippen LogP contribution >= 0.6 is 0 Å². The summed E-state index contributed by atoms with van der Waals surface area (Å²) in [6.45, 7) is 31.7. The summed E-state index contributed by atoms with van der Waals surface area (Å²) >= 11 is 0. The number of carboxylic acid groups (broad SMARTS) is 1. The summed E-state index contributed by atoms with van der Waals surface area (Å²) in [5, 5.41) is 16.1. The van der Waals surface area contributed by atoms with Crippen LogP contribution in [0.2, 0.25) is 0 Å². The van der Waals surface area contributed by atoms with Gasteiger partial charge in [-0.05, 0) is 53.9 Å². The number of methoxy groups -OCH3 is 1. The maximum absolute atomic E-state index is 11.1. The van der Waals surface area contributed by atoms with Gasteiger partial charge in [0.05, 0.1) is 26.9 Å². The van der Waals surface area contributed by atoms with E-state index in [0.717, 1.165) is 12.8 Å². The summed E-state index contributed by atoms with van der Waals surface area (Å²) in [5.74, 6) is -1.80. The van der Waals surface area contributed by atoms with Crippen LogP contribution in [0.1, 0.15) is 81.1 Å². The second-order valence-electron chi connectivity index (χ2n) is 9.29. The van der Waals surface area contributed by atoms with Crippen molar-refractivity contribution in [1.29, 1.82) is 0 Å². The molecule has 0 amide bonds. The Balaban J connectivity index is -0.000000150. The fraction of sp³-hybridized carbons (Fsp3) is 0.545. The third-order valence-corrected chi connectivity index (χ3v) is 4.54. The van der Waals surface area contributed by atoms with Crippen molar-refractivity contribution in [2.45, 2.75) is 81.1 Å². The van der Waals surface area contributed by atoms with Crippen LogP contribution in [0, 0.1) is 5.92 Å². The van der Waals surface area contributed by atoms with Gasteiger partial charge in [0.25, 0.3) is 0 Å². The Hall–Kier alpha value is -3.99. The quantitative estimate of drug-likeness (QED) is 0.133. The van der Waals surface area contributed by atoms with E-state index in [2.05, 4.69) is 61.0 Å². The molecule has 1 unspecified atom stereocenters. The molecular formula is C33H56O11. The van der Waals surface area contributed by atoms with Crippen LogP contribution in [-0.4, -0.2) is 73.6 Å². The summed E-state index contributed by atoms with van der Waals surface area (Å²) < 4.78 is 18.4. The number of carbonyl (C=O) groups excluding carboxylic acids is 4. The lowest BCUT2D eigenvalue weighted by molar-refractivity contribution is -0.141. The number of carbonyl (C=O) groups is 5. The van der Waals surface area contributed by atoms with Crippen LogP contribution in [-0.2, 0) is 42.9 Å². The van der Waals surface area contributed by atoms with Gasteiger partial charge in [-0.3, -0.25) is 0 Å². The van der Waals surface area contributed by atoms with E-state index in [0.29, 0.717) is 41.4 Å². The maximum atomic E-state index is 11.1. The van der Waals surface area contributed by atoms with Gasteiger partial charge < -0.3 is 29.2 Å². The number of ether oxygens (including phenoxy) is 4. The Morgan fingerprint density at radius 1 is 0.659 bits per heavy atom. The second-order valence-corrected chi connectivity index (χ2v) is 9.29. The highest BCUT2D eigenvalue weighted by atomic mass is 16.5. The molecule has 254 valence electrons. The molecule has 0 saturated carbocycles. The molecule has 0 aromatic heterocycles. The standard InChI is InChI=1S/C12H22O2.C6H10O3.C6H10O2.C5H8O2.C4H6O2/c1-5-7-8-11(6-2)9-14-12(13)10(3)4;1-5(2)6(8)9-4-3-7;1-4-8-6(7)5(2)3;1-4(2)5(6)7-3;1-3(2)4(5)6/h11H,3,5-9H2,1-2,4H3;7H,1,3-4H2,2H3;2,4H2,1,3H3;1H2,2-3H3;1H2,2H3,(H,5,6). The predicted octanol–water partition coefficient (Wildman–Crippen LogP) is 5.93. The number of aliphatic carboxylic acids is 1. The van der Waals surface area contributed by atoms with Gasteiger partial charge in [-0.15, -0.1) is 0 Å². The van der Waals surface area contributed by atoms with Gasteiger partial charge in [0.15, 0.2) is 0 Å². The molecule has 0 bridgehead atoms. The van der Waals surface area contributed by atoms with E-state index in [1.807, 2.05) is 0 Å². The van der Waals surface area contributed by atoms with E-state index in [9.17, 15) is 24.0 Å². The second kappa shape index (κ2) is 33.5. The molecule has 0 aliphatic rings. The lowest BCUT2D eigenvalue weighted by atomic mass is 10.0.